The van der Waals surface area contributed by atoms with E-state index < -0.39 is 11.9 Å². The van der Waals surface area contributed by atoms with Crippen molar-refractivity contribution in [3.8, 4) is 0 Å². The van der Waals surface area contributed by atoms with E-state index in [4.69, 9.17) is 5.73 Å². The summed E-state index contributed by atoms with van der Waals surface area (Å²) in [5.74, 6) is -0.465. The standard InChI is InChI=1S/C12H17FN2O/c1-8(2)7-10(14)12(16)15-11-6-4-3-5-9(11)13/h3-6,8,10H,7,14H2,1-2H3,(H,15,16). The topological polar surface area (TPSA) is 55.1 Å². The van der Waals surface area contributed by atoms with Crippen molar-refractivity contribution in [2.24, 2.45) is 11.7 Å². The molecule has 3 nitrogen and oxygen atoms in total. The molecule has 1 aromatic carbocycles. The maximum absolute atomic E-state index is 13.2. The Balaban J connectivity index is 2.61. The molecule has 1 rings (SSSR count). The largest absolute Gasteiger partial charge is 0.322 e. The summed E-state index contributed by atoms with van der Waals surface area (Å²) in [4.78, 5) is 11.6. The molecule has 0 radical (unpaired) electrons. The average Bonchev–Trinajstić information content (AvgIpc) is 2.20. The summed E-state index contributed by atoms with van der Waals surface area (Å²) in [7, 11) is 0. The zero-order valence-corrected chi connectivity index (χ0v) is 9.53. The molecule has 16 heavy (non-hydrogen) atoms. The molecule has 3 N–H and O–H groups in total. The molecule has 0 fully saturated rings. The van der Waals surface area contributed by atoms with Gasteiger partial charge in [0.15, 0.2) is 0 Å². The lowest BCUT2D eigenvalue weighted by molar-refractivity contribution is -0.117. The van der Waals surface area contributed by atoms with E-state index in [0.717, 1.165) is 0 Å². The Morgan fingerprint density at radius 2 is 2.06 bits per heavy atom. The second-order valence-electron chi connectivity index (χ2n) is 4.21. The van der Waals surface area contributed by atoms with Crippen LogP contribution in [0.4, 0.5) is 10.1 Å². The van der Waals surface area contributed by atoms with Gasteiger partial charge in [0.2, 0.25) is 5.91 Å². The lowest BCUT2D eigenvalue weighted by atomic mass is 10.0. The van der Waals surface area contributed by atoms with Gasteiger partial charge >= 0.3 is 0 Å². The summed E-state index contributed by atoms with van der Waals surface area (Å²) in [6.07, 6.45) is 0.584. The molecule has 1 amide bonds. The first kappa shape index (κ1) is 12.6. The fourth-order valence-electron chi connectivity index (χ4n) is 1.40. The van der Waals surface area contributed by atoms with Crippen molar-refractivity contribution in [1.82, 2.24) is 0 Å². The van der Waals surface area contributed by atoms with Crippen LogP contribution >= 0.6 is 0 Å². The first-order valence-electron chi connectivity index (χ1n) is 5.31. The molecule has 0 spiro atoms. The Bertz CT molecular complexity index is 366. The molecule has 0 aliphatic rings. The molecule has 0 aromatic heterocycles. The first-order valence-corrected chi connectivity index (χ1v) is 5.31. The maximum Gasteiger partial charge on any atom is 0.241 e. The van der Waals surface area contributed by atoms with Crippen molar-refractivity contribution in [3.63, 3.8) is 0 Å². The predicted octanol–water partition coefficient (Wildman–Crippen LogP) is 2.14. The molecule has 0 aliphatic carbocycles. The molecule has 0 saturated carbocycles. The molecular weight excluding hydrogens is 207 g/mol. The van der Waals surface area contributed by atoms with Gasteiger partial charge < -0.3 is 11.1 Å². The Hall–Kier alpha value is -1.42. The van der Waals surface area contributed by atoms with Crippen LogP contribution in [-0.2, 0) is 4.79 Å². The van der Waals surface area contributed by atoms with Crippen LogP contribution in [0.3, 0.4) is 0 Å². The number of benzene rings is 1. The number of hydrogen-bond donors (Lipinski definition) is 2. The highest BCUT2D eigenvalue weighted by Crippen LogP contribution is 2.13. The van der Waals surface area contributed by atoms with E-state index in [2.05, 4.69) is 5.32 Å². The number of rotatable bonds is 4. The second kappa shape index (κ2) is 5.61. The van der Waals surface area contributed by atoms with Crippen LogP contribution in [0.1, 0.15) is 20.3 Å². The Kier molecular flexibility index (Phi) is 4.43. The van der Waals surface area contributed by atoms with Gasteiger partial charge in [0.25, 0.3) is 0 Å². The van der Waals surface area contributed by atoms with Crippen molar-refractivity contribution >= 4 is 11.6 Å². The minimum absolute atomic E-state index is 0.173. The number of carbonyl (C=O) groups is 1. The third-order valence-corrected chi connectivity index (χ3v) is 2.19. The number of carbonyl (C=O) groups excluding carboxylic acids is 1. The van der Waals surface area contributed by atoms with E-state index in [0.29, 0.717) is 12.3 Å². The Morgan fingerprint density at radius 1 is 1.44 bits per heavy atom. The highest BCUT2D eigenvalue weighted by atomic mass is 19.1. The van der Waals surface area contributed by atoms with Gasteiger partial charge in [0, 0.05) is 0 Å². The van der Waals surface area contributed by atoms with Gasteiger partial charge in [-0.25, -0.2) is 4.39 Å². The molecule has 1 atom stereocenters. The zero-order valence-electron chi connectivity index (χ0n) is 9.53. The highest BCUT2D eigenvalue weighted by molar-refractivity contribution is 5.94. The SMILES string of the molecule is CC(C)CC(N)C(=O)Nc1ccccc1F. The minimum atomic E-state index is -0.598. The summed E-state index contributed by atoms with van der Waals surface area (Å²) in [5, 5.41) is 2.48. The number of amides is 1. The second-order valence-corrected chi connectivity index (χ2v) is 4.21. The lowest BCUT2D eigenvalue weighted by Gasteiger charge is -2.14. The number of halogens is 1. The van der Waals surface area contributed by atoms with Gasteiger partial charge in [-0.15, -0.1) is 0 Å². The number of nitrogens with two attached hydrogens (primary N) is 1. The Morgan fingerprint density at radius 3 is 2.62 bits per heavy atom. The number of nitrogens with one attached hydrogen (secondary N) is 1. The van der Waals surface area contributed by atoms with Crippen molar-refractivity contribution in [2.45, 2.75) is 26.3 Å². The van der Waals surface area contributed by atoms with E-state index in [1.807, 2.05) is 13.8 Å². The van der Waals surface area contributed by atoms with Crippen LogP contribution in [0.5, 0.6) is 0 Å². The third-order valence-electron chi connectivity index (χ3n) is 2.19. The average molecular weight is 224 g/mol. The molecule has 1 unspecified atom stereocenters. The molecule has 0 aliphatic heterocycles. The van der Waals surface area contributed by atoms with E-state index in [-0.39, 0.29) is 11.6 Å². The van der Waals surface area contributed by atoms with E-state index in [9.17, 15) is 9.18 Å². The van der Waals surface area contributed by atoms with Crippen molar-refractivity contribution < 1.29 is 9.18 Å². The van der Waals surface area contributed by atoms with E-state index in [1.54, 1.807) is 12.1 Å². The smallest absolute Gasteiger partial charge is 0.241 e. The molecule has 0 bridgehead atoms. The van der Waals surface area contributed by atoms with E-state index >= 15 is 0 Å². The maximum atomic E-state index is 13.2. The van der Waals surface area contributed by atoms with Crippen LogP contribution in [0.15, 0.2) is 24.3 Å². The van der Waals surface area contributed by atoms with Crippen molar-refractivity contribution in [2.75, 3.05) is 5.32 Å². The summed E-state index contributed by atoms with van der Waals surface area (Å²) in [5.41, 5.74) is 5.85. The normalized spacial score (nSPS) is 12.6. The molecular formula is C12H17FN2O. The van der Waals surface area contributed by atoms with Crippen LogP contribution < -0.4 is 11.1 Å². The molecule has 4 heteroatoms. The highest BCUT2D eigenvalue weighted by Gasteiger charge is 2.15. The van der Waals surface area contributed by atoms with Crippen LogP contribution in [0.25, 0.3) is 0 Å². The third kappa shape index (κ3) is 3.62. The fourth-order valence-corrected chi connectivity index (χ4v) is 1.40. The summed E-state index contributed by atoms with van der Waals surface area (Å²) >= 11 is 0. The lowest BCUT2D eigenvalue weighted by Crippen LogP contribution is -2.36. The van der Waals surface area contributed by atoms with Gasteiger partial charge in [-0.1, -0.05) is 26.0 Å². The Labute approximate surface area is 94.8 Å². The molecule has 88 valence electrons. The molecule has 0 heterocycles. The van der Waals surface area contributed by atoms with Crippen LogP contribution in [0.2, 0.25) is 0 Å². The number of hydrogen-bond acceptors (Lipinski definition) is 2. The van der Waals surface area contributed by atoms with E-state index in [1.165, 1.54) is 12.1 Å². The number of para-hydroxylation sites is 1. The van der Waals surface area contributed by atoms with Crippen LogP contribution in [0, 0.1) is 11.7 Å². The number of anilines is 1. The van der Waals surface area contributed by atoms with Crippen molar-refractivity contribution in [1.29, 1.82) is 0 Å². The van der Waals surface area contributed by atoms with Gasteiger partial charge in [-0.2, -0.15) is 0 Å². The monoisotopic (exact) mass is 224 g/mol. The quantitative estimate of drug-likeness (QED) is 0.823. The van der Waals surface area contributed by atoms with Crippen molar-refractivity contribution in [3.05, 3.63) is 30.1 Å². The molecule has 0 saturated heterocycles. The van der Waals surface area contributed by atoms with Gasteiger partial charge in [0.05, 0.1) is 11.7 Å². The van der Waals surface area contributed by atoms with Gasteiger partial charge in [-0.05, 0) is 24.5 Å². The fraction of sp³-hybridized carbons (Fsp3) is 0.417. The summed E-state index contributed by atoms with van der Waals surface area (Å²) in [6, 6.07) is 5.43. The predicted molar refractivity (Wildman–Crippen MR) is 62.5 cm³/mol. The summed E-state index contributed by atoms with van der Waals surface area (Å²) in [6.45, 7) is 3.96. The molecule has 1 aromatic rings. The minimum Gasteiger partial charge on any atom is -0.322 e. The van der Waals surface area contributed by atoms with Gasteiger partial charge in [-0.3, -0.25) is 4.79 Å². The van der Waals surface area contributed by atoms with Crippen LogP contribution in [-0.4, -0.2) is 11.9 Å². The summed E-state index contributed by atoms with van der Waals surface area (Å²) < 4.78 is 13.2. The zero-order chi connectivity index (χ0) is 12.1. The first-order chi connectivity index (χ1) is 7.50. The van der Waals surface area contributed by atoms with Gasteiger partial charge in [0.1, 0.15) is 5.82 Å².